The summed E-state index contributed by atoms with van der Waals surface area (Å²) in [5.74, 6) is 0.254. The zero-order valence-corrected chi connectivity index (χ0v) is 15.2. The minimum absolute atomic E-state index is 0.0483. The van der Waals surface area contributed by atoms with Gasteiger partial charge < -0.3 is 10.2 Å². The summed E-state index contributed by atoms with van der Waals surface area (Å²) in [7, 11) is -1.77. The summed E-state index contributed by atoms with van der Waals surface area (Å²) in [6.45, 7) is 2.59. The maximum Gasteiger partial charge on any atom is 0.279 e. The van der Waals surface area contributed by atoms with Gasteiger partial charge in [-0.2, -0.15) is 17.4 Å². The Kier molecular flexibility index (Phi) is 3.95. The monoisotopic (exact) mass is 356 g/mol. The van der Waals surface area contributed by atoms with Gasteiger partial charge in [0.05, 0.1) is 0 Å². The number of nitrogens with zero attached hydrogens (tertiary/aromatic N) is 2. The summed E-state index contributed by atoms with van der Waals surface area (Å²) in [5, 5.41) is 3.27. The van der Waals surface area contributed by atoms with Crippen LogP contribution in [-0.2, 0) is 15.0 Å². The quantitative estimate of drug-likeness (QED) is 0.737. The number of hydrogen-bond acceptors (Lipinski definition) is 4. The van der Waals surface area contributed by atoms with Crippen molar-refractivity contribution in [1.29, 1.82) is 0 Å². The Morgan fingerprint density at radius 2 is 1.88 bits per heavy atom. The molecule has 7 nitrogen and oxygen atoms in total. The number of carbonyl (C=O) groups is 1. The molecule has 0 aromatic heterocycles. The van der Waals surface area contributed by atoms with E-state index in [4.69, 9.17) is 0 Å². The Labute approximate surface area is 144 Å². The zero-order valence-electron chi connectivity index (χ0n) is 14.4. The molecule has 3 aliphatic carbocycles. The van der Waals surface area contributed by atoms with Crippen LogP contribution in [0.15, 0.2) is 0 Å². The third kappa shape index (κ3) is 2.58. The average Bonchev–Trinajstić information content (AvgIpc) is 2.50. The lowest BCUT2D eigenvalue weighted by atomic mass is 9.43. The molecule has 0 atom stereocenters. The molecule has 5 aliphatic rings. The van der Waals surface area contributed by atoms with Gasteiger partial charge in [-0.3, -0.25) is 4.79 Å². The topological polar surface area (TPSA) is 81.8 Å². The second kappa shape index (κ2) is 5.65. The number of amides is 1. The van der Waals surface area contributed by atoms with Gasteiger partial charge in [-0.05, 0) is 58.0 Å². The van der Waals surface area contributed by atoms with Gasteiger partial charge in [0.25, 0.3) is 10.2 Å². The lowest BCUT2D eigenvalue weighted by Gasteiger charge is -2.73. The molecule has 0 spiro atoms. The molecule has 2 aliphatic heterocycles. The van der Waals surface area contributed by atoms with Gasteiger partial charge in [-0.25, -0.2) is 0 Å². The number of hydrogen-bond donors (Lipinski definition) is 2. The van der Waals surface area contributed by atoms with Crippen LogP contribution in [0.3, 0.4) is 0 Å². The first-order chi connectivity index (χ1) is 11.4. The van der Waals surface area contributed by atoms with Crippen molar-refractivity contribution in [1.82, 2.24) is 19.2 Å². The zero-order chi connectivity index (χ0) is 17.0. The van der Waals surface area contributed by atoms with Crippen LogP contribution in [0.25, 0.3) is 0 Å². The predicted octanol–water partition coefficient (Wildman–Crippen LogP) is 0.192. The lowest BCUT2D eigenvalue weighted by molar-refractivity contribution is -0.188. The van der Waals surface area contributed by atoms with Gasteiger partial charge >= 0.3 is 0 Å². The van der Waals surface area contributed by atoms with Crippen molar-refractivity contribution in [2.45, 2.75) is 68.5 Å². The highest BCUT2D eigenvalue weighted by molar-refractivity contribution is 7.87. The molecule has 136 valence electrons. The highest BCUT2D eigenvalue weighted by Gasteiger charge is 2.72. The van der Waals surface area contributed by atoms with Gasteiger partial charge in [0.2, 0.25) is 5.91 Å². The van der Waals surface area contributed by atoms with Gasteiger partial charge in [0.15, 0.2) is 0 Å². The van der Waals surface area contributed by atoms with Crippen molar-refractivity contribution in [2.75, 3.05) is 26.7 Å². The molecule has 3 saturated carbocycles. The van der Waals surface area contributed by atoms with E-state index in [0.717, 1.165) is 64.6 Å². The summed E-state index contributed by atoms with van der Waals surface area (Å²) in [6.07, 6.45) is 6.78. The molecule has 1 amide bonds. The Balaban J connectivity index is 1.37. The van der Waals surface area contributed by atoms with Gasteiger partial charge in [0.1, 0.15) is 0 Å². The Bertz CT molecular complexity index is 609. The van der Waals surface area contributed by atoms with Gasteiger partial charge in [0, 0.05) is 37.1 Å². The largest absolute Gasteiger partial charge is 0.337 e. The van der Waals surface area contributed by atoms with E-state index in [2.05, 4.69) is 10.0 Å². The molecule has 2 N–H and O–H groups in total. The number of nitrogens with one attached hydrogen (secondary N) is 2. The van der Waals surface area contributed by atoms with E-state index < -0.39 is 10.2 Å². The van der Waals surface area contributed by atoms with Crippen molar-refractivity contribution in [3.8, 4) is 0 Å². The van der Waals surface area contributed by atoms with Gasteiger partial charge in [-0.15, -0.1) is 0 Å². The number of carbonyl (C=O) groups excluding carboxylic acids is 1. The Hall–Kier alpha value is -0.700. The van der Waals surface area contributed by atoms with Crippen molar-refractivity contribution in [3.63, 3.8) is 0 Å². The fraction of sp³-hybridized carbons (Fsp3) is 0.938. The summed E-state index contributed by atoms with van der Waals surface area (Å²) >= 11 is 0. The minimum atomic E-state index is -3.46. The summed E-state index contributed by atoms with van der Waals surface area (Å²) < 4.78 is 29.9. The van der Waals surface area contributed by atoms with Crippen LogP contribution in [0.5, 0.6) is 0 Å². The molecular formula is C16H28N4O3S. The van der Waals surface area contributed by atoms with Crippen molar-refractivity contribution < 1.29 is 13.2 Å². The first-order valence-corrected chi connectivity index (χ1v) is 10.6. The molecule has 5 fully saturated rings. The highest BCUT2D eigenvalue weighted by Crippen LogP contribution is 2.64. The van der Waals surface area contributed by atoms with E-state index in [-0.39, 0.29) is 23.0 Å². The molecule has 24 heavy (non-hydrogen) atoms. The van der Waals surface area contributed by atoms with E-state index in [9.17, 15) is 13.2 Å². The first-order valence-electron chi connectivity index (χ1n) is 9.14. The van der Waals surface area contributed by atoms with Crippen molar-refractivity contribution in [2.24, 2.45) is 0 Å². The van der Waals surface area contributed by atoms with E-state index in [0.29, 0.717) is 6.42 Å². The van der Waals surface area contributed by atoms with E-state index in [1.807, 2.05) is 4.90 Å². The van der Waals surface area contributed by atoms with E-state index in [1.165, 1.54) is 4.31 Å². The molecule has 5 rings (SSSR count). The molecule has 0 aromatic carbocycles. The maximum absolute atomic E-state index is 12.7. The standard InChI is InChI=1S/C16H28N4O3S/c1-19(13-5-7-17-8-6-13)24(22,23)18-15-10-16(11-15,12-15)20-9-3-2-4-14(20)21/h13,17-18H,2-12H2,1H3. The second-order valence-electron chi connectivity index (χ2n) is 8.14. The molecule has 2 bridgehead atoms. The second-order valence-corrected chi connectivity index (χ2v) is 9.87. The molecule has 0 unspecified atom stereocenters. The minimum Gasteiger partial charge on any atom is -0.337 e. The van der Waals surface area contributed by atoms with Crippen LogP contribution >= 0.6 is 0 Å². The van der Waals surface area contributed by atoms with Crippen LogP contribution in [0, 0.1) is 0 Å². The molecular weight excluding hydrogens is 328 g/mol. The average molecular weight is 356 g/mol. The molecule has 8 heteroatoms. The molecule has 0 radical (unpaired) electrons. The number of piperidine rings is 2. The van der Waals surface area contributed by atoms with Crippen molar-refractivity contribution >= 4 is 16.1 Å². The van der Waals surface area contributed by atoms with Gasteiger partial charge in [-0.1, -0.05) is 0 Å². The van der Waals surface area contributed by atoms with Crippen LogP contribution in [0.1, 0.15) is 51.4 Å². The van der Waals surface area contributed by atoms with Crippen LogP contribution < -0.4 is 10.0 Å². The Morgan fingerprint density at radius 3 is 2.50 bits per heavy atom. The fourth-order valence-corrected chi connectivity index (χ4v) is 6.66. The fourth-order valence-electron chi connectivity index (χ4n) is 5.15. The Morgan fingerprint density at radius 1 is 1.21 bits per heavy atom. The number of likely N-dealkylation sites (tertiary alicyclic amines) is 1. The highest BCUT2D eigenvalue weighted by atomic mass is 32.2. The van der Waals surface area contributed by atoms with Crippen LogP contribution in [0.2, 0.25) is 0 Å². The third-order valence-corrected chi connectivity index (χ3v) is 8.19. The first kappa shape index (κ1) is 16.8. The van der Waals surface area contributed by atoms with E-state index >= 15 is 0 Å². The molecule has 2 heterocycles. The molecule has 0 aromatic rings. The van der Waals surface area contributed by atoms with E-state index in [1.54, 1.807) is 7.05 Å². The summed E-state index contributed by atoms with van der Waals surface area (Å²) in [4.78, 5) is 14.2. The third-order valence-electron chi connectivity index (χ3n) is 6.45. The smallest absolute Gasteiger partial charge is 0.279 e. The van der Waals surface area contributed by atoms with Crippen molar-refractivity contribution in [3.05, 3.63) is 0 Å². The normalized spacial score (nSPS) is 37.2. The predicted molar refractivity (Wildman–Crippen MR) is 90.6 cm³/mol. The summed E-state index contributed by atoms with van der Waals surface area (Å²) in [5.41, 5.74) is -0.356. The lowest BCUT2D eigenvalue weighted by Crippen LogP contribution is -2.84. The maximum atomic E-state index is 12.7. The molecule has 2 saturated heterocycles. The number of rotatable bonds is 5. The SMILES string of the molecule is CN(C1CCNCC1)S(=O)(=O)NC12CC(N3CCCCC3=O)(C1)C2. The van der Waals surface area contributed by atoms with Crippen LogP contribution in [0.4, 0.5) is 0 Å². The summed E-state index contributed by atoms with van der Waals surface area (Å²) in [6, 6.07) is 0.0775. The van der Waals surface area contributed by atoms with Crippen LogP contribution in [-0.4, -0.2) is 67.3 Å².